The molecule has 3 aliphatic rings. The van der Waals surface area contributed by atoms with Crippen molar-refractivity contribution in [3.05, 3.63) is 90.5 Å². The van der Waals surface area contributed by atoms with Crippen LogP contribution in [0.3, 0.4) is 0 Å². The van der Waals surface area contributed by atoms with E-state index >= 15 is 0 Å². The molecule has 17 nitrogen and oxygen atoms in total. The van der Waals surface area contributed by atoms with Gasteiger partial charge in [-0.25, -0.2) is 14.5 Å². The van der Waals surface area contributed by atoms with E-state index in [0.29, 0.717) is 55.2 Å². The van der Waals surface area contributed by atoms with E-state index in [2.05, 4.69) is 17.2 Å². The van der Waals surface area contributed by atoms with Crippen LogP contribution < -0.4 is 25.0 Å². The molecule has 0 radical (unpaired) electrons. The molecule has 2 unspecified atom stereocenters. The number of piperidine rings is 1. The van der Waals surface area contributed by atoms with E-state index in [9.17, 15) is 29.1 Å². The van der Waals surface area contributed by atoms with E-state index < -0.39 is 30.7 Å². The Morgan fingerprint density at radius 1 is 0.952 bits per heavy atom. The summed E-state index contributed by atoms with van der Waals surface area (Å²) in [7, 11) is 3.16. The molecule has 3 aliphatic heterocycles. The number of methoxy groups -OCH3 is 1. The highest BCUT2D eigenvalue weighted by Crippen LogP contribution is 2.42. The van der Waals surface area contributed by atoms with E-state index in [-0.39, 0.29) is 60.1 Å². The summed E-state index contributed by atoms with van der Waals surface area (Å²) in [6, 6.07) is 13.1. The van der Waals surface area contributed by atoms with Crippen molar-refractivity contribution in [2.45, 2.75) is 76.9 Å². The Balaban J connectivity index is 0.998. The van der Waals surface area contributed by atoms with Crippen LogP contribution in [-0.4, -0.2) is 101 Å². The fraction of sp³-hybridized carbons (Fsp3) is 0.400. The maximum Gasteiger partial charge on any atom is 0.416 e. The number of amides is 4. The van der Waals surface area contributed by atoms with Gasteiger partial charge >= 0.3 is 12.2 Å². The fourth-order valence-electron chi connectivity index (χ4n) is 8.06. The Kier molecular flexibility index (Phi) is 13.6. The van der Waals surface area contributed by atoms with Gasteiger partial charge in [-0.3, -0.25) is 19.0 Å². The van der Waals surface area contributed by atoms with Crippen LogP contribution >= 0.6 is 0 Å². The average Bonchev–Trinajstić information content (AvgIpc) is 3.83. The van der Waals surface area contributed by atoms with E-state index in [0.717, 1.165) is 41.4 Å². The van der Waals surface area contributed by atoms with Crippen molar-refractivity contribution < 1.29 is 52.8 Å². The molecule has 2 saturated heterocycles. The molecule has 4 amide bonds. The number of aromatic nitrogens is 2. The van der Waals surface area contributed by atoms with Crippen molar-refractivity contribution in [1.82, 2.24) is 14.0 Å². The highest BCUT2D eigenvalue weighted by atomic mass is 16.7. The third-order valence-electron chi connectivity index (χ3n) is 11.1. The molecule has 0 spiro atoms. The lowest BCUT2D eigenvalue weighted by atomic mass is 10.00. The normalized spacial score (nSPS) is 18.5. The van der Waals surface area contributed by atoms with Crippen molar-refractivity contribution >= 4 is 47.0 Å². The topological polar surface area (TPSA) is 192 Å². The van der Waals surface area contributed by atoms with Crippen molar-refractivity contribution in [2.24, 2.45) is 7.05 Å². The summed E-state index contributed by atoms with van der Waals surface area (Å²) in [6.45, 7) is 6.46. The fourth-order valence-corrected chi connectivity index (χ4v) is 8.06. The largest absolute Gasteiger partial charge is 0.493 e. The molecule has 2 aromatic heterocycles. The zero-order chi connectivity index (χ0) is 43.9. The standard InChI is InChI=1S/C45H52N6O11/c1-5-19-61-45(57)51-35-25-38(37(58-4)24-33(35)42(54)49-18-8-6-11-34(49)43(51)62-40-13-7-9-20-60-40)59-21-10-12-39(52)46-32-23-36(48(3)27-32)41(53)47-31-16-14-29(15-17-31)30-22-28(2)50(26-30)44(55)56/h5,14-17,22-27,34,40,43H,1,6-13,18-21H2,2-4H3,(H,46,52)(H,47,53)(H,55,56)/t34-,40?,43?/m0/s1. The Morgan fingerprint density at radius 3 is 2.45 bits per heavy atom. The molecule has 0 aliphatic carbocycles. The number of carbonyl (C=O) groups is 5. The third kappa shape index (κ3) is 9.63. The zero-order valence-electron chi connectivity index (χ0n) is 35.1. The van der Waals surface area contributed by atoms with E-state index in [4.69, 9.17) is 23.7 Å². The molecule has 0 saturated carbocycles. The first kappa shape index (κ1) is 43.5. The minimum absolute atomic E-state index is 0.0525. The van der Waals surface area contributed by atoms with Crippen LogP contribution in [0.2, 0.25) is 0 Å². The van der Waals surface area contributed by atoms with Gasteiger partial charge < -0.3 is 48.9 Å². The molecule has 3 atom stereocenters. The summed E-state index contributed by atoms with van der Waals surface area (Å²) in [5.41, 5.74) is 3.89. The van der Waals surface area contributed by atoms with Gasteiger partial charge in [-0.2, -0.15) is 0 Å². The van der Waals surface area contributed by atoms with E-state index in [1.807, 2.05) is 0 Å². The second-order valence-electron chi connectivity index (χ2n) is 15.4. The molecule has 5 heterocycles. The van der Waals surface area contributed by atoms with Crippen LogP contribution in [-0.2, 0) is 26.1 Å². The summed E-state index contributed by atoms with van der Waals surface area (Å²) >= 11 is 0. The summed E-state index contributed by atoms with van der Waals surface area (Å²) in [5, 5.41) is 15.0. The molecule has 7 rings (SSSR count). The van der Waals surface area contributed by atoms with Gasteiger partial charge in [-0.05, 0) is 87.8 Å². The quantitative estimate of drug-likeness (QED) is 0.0846. The number of carboxylic acid groups (broad SMARTS) is 1. The van der Waals surface area contributed by atoms with Gasteiger partial charge in [0.1, 0.15) is 12.3 Å². The molecular weight excluding hydrogens is 801 g/mol. The van der Waals surface area contributed by atoms with Gasteiger partial charge in [0, 0.05) is 62.0 Å². The Morgan fingerprint density at radius 2 is 1.74 bits per heavy atom. The summed E-state index contributed by atoms with van der Waals surface area (Å²) < 4.78 is 32.7. The second kappa shape index (κ2) is 19.4. The first-order valence-electron chi connectivity index (χ1n) is 20.8. The van der Waals surface area contributed by atoms with Crippen molar-refractivity contribution in [3.8, 4) is 22.6 Å². The molecule has 17 heteroatoms. The highest BCUT2D eigenvalue weighted by Gasteiger charge is 2.47. The van der Waals surface area contributed by atoms with Gasteiger partial charge in [0.05, 0.1) is 36.7 Å². The molecular formula is C45H52N6O11. The second-order valence-corrected chi connectivity index (χ2v) is 15.4. The molecule has 3 N–H and O–H groups in total. The van der Waals surface area contributed by atoms with Crippen LogP contribution in [0.15, 0.2) is 73.6 Å². The lowest BCUT2D eigenvalue weighted by molar-refractivity contribution is -0.198. The van der Waals surface area contributed by atoms with Crippen LogP contribution in [0.1, 0.15) is 77.9 Å². The van der Waals surface area contributed by atoms with Gasteiger partial charge in [0.15, 0.2) is 24.0 Å². The molecule has 4 aromatic rings. The van der Waals surface area contributed by atoms with Gasteiger partial charge in [-0.1, -0.05) is 24.8 Å². The number of nitrogens with zero attached hydrogens (tertiary/aromatic N) is 4. The average molecular weight is 853 g/mol. The SMILES string of the molecule is C=CCOC(=O)N1c2cc(OCCCC(=O)Nc3cc(C(=O)Nc4ccc(-c5cc(C)n(C(=O)O)c5)cc4)n(C)c3)c(OC)cc2C(=O)N2CCCC[C@H]2C1OC1CCCCO1. The number of hydrogen-bond acceptors (Lipinski definition) is 10. The van der Waals surface area contributed by atoms with Crippen LogP contribution in [0.5, 0.6) is 11.5 Å². The van der Waals surface area contributed by atoms with Crippen molar-refractivity contribution in [1.29, 1.82) is 0 Å². The van der Waals surface area contributed by atoms with Crippen LogP contribution in [0.25, 0.3) is 11.1 Å². The molecule has 62 heavy (non-hydrogen) atoms. The number of ether oxygens (including phenoxy) is 5. The maximum absolute atomic E-state index is 14.2. The Bertz CT molecular complexity index is 2310. The Labute approximate surface area is 359 Å². The monoisotopic (exact) mass is 852 g/mol. The predicted octanol–water partition coefficient (Wildman–Crippen LogP) is 7.39. The number of hydrogen-bond donors (Lipinski definition) is 3. The first-order chi connectivity index (χ1) is 29.9. The zero-order valence-corrected chi connectivity index (χ0v) is 35.1. The van der Waals surface area contributed by atoms with Gasteiger partial charge in [0.2, 0.25) is 5.91 Å². The lowest BCUT2D eigenvalue weighted by Crippen LogP contribution is -2.57. The maximum atomic E-state index is 14.2. The smallest absolute Gasteiger partial charge is 0.416 e. The molecule has 2 fully saturated rings. The molecule has 0 bridgehead atoms. The first-order valence-corrected chi connectivity index (χ1v) is 20.8. The predicted molar refractivity (Wildman–Crippen MR) is 229 cm³/mol. The minimum atomic E-state index is -1.07. The number of fused-ring (bicyclic) bond motifs is 2. The number of anilines is 3. The Hall–Kier alpha value is -6.59. The molecule has 328 valence electrons. The summed E-state index contributed by atoms with van der Waals surface area (Å²) in [6.07, 6.45) is 6.54. The van der Waals surface area contributed by atoms with Gasteiger partial charge in [-0.15, -0.1) is 0 Å². The lowest BCUT2D eigenvalue weighted by Gasteiger charge is -2.42. The van der Waals surface area contributed by atoms with Crippen molar-refractivity contribution in [2.75, 3.05) is 49.0 Å². The summed E-state index contributed by atoms with van der Waals surface area (Å²) in [5.74, 6) is -0.412. The van der Waals surface area contributed by atoms with Crippen LogP contribution in [0, 0.1) is 6.92 Å². The number of rotatable bonds is 14. The van der Waals surface area contributed by atoms with E-state index in [1.54, 1.807) is 78.2 Å². The number of carbonyl (C=O) groups excluding carboxylic acids is 4. The summed E-state index contributed by atoms with van der Waals surface area (Å²) in [4.78, 5) is 69.0. The van der Waals surface area contributed by atoms with Gasteiger partial charge in [0.25, 0.3) is 11.8 Å². The third-order valence-corrected chi connectivity index (χ3v) is 11.1. The number of benzene rings is 2. The number of aryl methyl sites for hydroxylation is 2. The van der Waals surface area contributed by atoms with E-state index in [1.165, 1.54) is 24.3 Å². The molecule has 2 aromatic carbocycles. The van der Waals surface area contributed by atoms with Crippen molar-refractivity contribution in [3.63, 3.8) is 0 Å². The minimum Gasteiger partial charge on any atom is -0.493 e. The number of nitrogens with one attached hydrogen (secondary N) is 2. The van der Waals surface area contributed by atoms with Crippen LogP contribution in [0.4, 0.5) is 26.7 Å². The highest BCUT2D eigenvalue weighted by molar-refractivity contribution is 6.06.